The Bertz CT molecular complexity index is 327. The Kier molecular flexibility index (Phi) is 2.64. The lowest BCUT2D eigenvalue weighted by Crippen LogP contribution is -2.25. The first kappa shape index (κ1) is 10.8. The van der Waals surface area contributed by atoms with Crippen molar-refractivity contribution in [3.05, 3.63) is 11.5 Å². The van der Waals surface area contributed by atoms with Crippen LogP contribution in [-0.2, 0) is 4.79 Å². The number of esters is 1. The van der Waals surface area contributed by atoms with Gasteiger partial charge in [-0.15, -0.1) is 0 Å². The van der Waals surface area contributed by atoms with Gasteiger partial charge >= 0.3 is 5.97 Å². The van der Waals surface area contributed by atoms with Gasteiger partial charge in [0.15, 0.2) is 11.5 Å². The van der Waals surface area contributed by atoms with Gasteiger partial charge in [-0.05, 0) is 27.7 Å². The Labute approximate surface area is 83.2 Å². The topological polar surface area (TPSA) is 52.3 Å². The van der Waals surface area contributed by atoms with Crippen LogP contribution in [0.15, 0.2) is 4.52 Å². The Hall–Kier alpha value is -1.32. The highest BCUT2D eigenvalue weighted by atomic mass is 16.6. The molecule has 0 spiro atoms. The molecule has 0 fully saturated rings. The van der Waals surface area contributed by atoms with Crippen LogP contribution in [0.25, 0.3) is 0 Å². The van der Waals surface area contributed by atoms with E-state index in [0.29, 0.717) is 17.2 Å². The molecule has 0 saturated carbocycles. The summed E-state index contributed by atoms with van der Waals surface area (Å²) in [7, 11) is 0. The zero-order chi connectivity index (χ0) is 10.9. The second-order valence-corrected chi connectivity index (χ2v) is 4.29. The van der Waals surface area contributed by atoms with Gasteiger partial charge in [0, 0.05) is 6.92 Å². The molecule has 0 radical (unpaired) electrons. The van der Waals surface area contributed by atoms with Crippen LogP contribution in [-0.4, -0.2) is 11.1 Å². The predicted molar refractivity (Wildman–Crippen MR) is 51.1 cm³/mol. The number of ether oxygens (including phenoxy) is 1. The summed E-state index contributed by atoms with van der Waals surface area (Å²) >= 11 is 0. The van der Waals surface area contributed by atoms with E-state index in [4.69, 9.17) is 9.26 Å². The molecular formula is C10H15NO3. The van der Waals surface area contributed by atoms with Crippen LogP contribution in [0, 0.1) is 19.3 Å². The number of hydrogen-bond donors (Lipinski definition) is 0. The van der Waals surface area contributed by atoms with Crippen molar-refractivity contribution in [2.45, 2.75) is 34.6 Å². The normalized spacial score (nSPS) is 11.5. The molecular weight excluding hydrogens is 182 g/mol. The van der Waals surface area contributed by atoms with E-state index in [1.54, 1.807) is 34.6 Å². The number of nitrogens with zero attached hydrogens (tertiary/aromatic N) is 1. The summed E-state index contributed by atoms with van der Waals surface area (Å²) in [5.41, 5.74) is 0.0796. The smallest absolute Gasteiger partial charge is 0.316 e. The first-order chi connectivity index (χ1) is 6.32. The molecule has 78 valence electrons. The van der Waals surface area contributed by atoms with Crippen molar-refractivity contribution < 1.29 is 14.1 Å². The molecule has 0 bridgehead atoms. The highest BCUT2D eigenvalue weighted by molar-refractivity contribution is 5.78. The van der Waals surface area contributed by atoms with Crippen LogP contribution in [0.5, 0.6) is 5.75 Å². The van der Waals surface area contributed by atoms with Gasteiger partial charge in [-0.25, -0.2) is 0 Å². The monoisotopic (exact) mass is 197 g/mol. The molecule has 0 amide bonds. The van der Waals surface area contributed by atoms with Crippen molar-refractivity contribution >= 4 is 5.97 Å². The third-order valence-corrected chi connectivity index (χ3v) is 1.78. The molecule has 1 heterocycles. The molecule has 1 aromatic rings. The lowest BCUT2D eigenvalue weighted by Gasteiger charge is -2.15. The largest absolute Gasteiger partial charge is 0.420 e. The summed E-state index contributed by atoms with van der Waals surface area (Å²) in [6.07, 6.45) is 0. The van der Waals surface area contributed by atoms with Gasteiger partial charge in [-0.3, -0.25) is 4.79 Å². The maximum Gasteiger partial charge on any atom is 0.316 e. The second kappa shape index (κ2) is 3.44. The maximum absolute atomic E-state index is 11.5. The molecule has 0 aliphatic carbocycles. The lowest BCUT2D eigenvalue weighted by atomic mass is 9.97. The number of aryl methyl sites for hydroxylation is 2. The molecule has 4 heteroatoms. The van der Waals surface area contributed by atoms with E-state index >= 15 is 0 Å². The molecule has 0 unspecified atom stereocenters. The van der Waals surface area contributed by atoms with Crippen molar-refractivity contribution in [2.24, 2.45) is 5.41 Å². The highest BCUT2D eigenvalue weighted by Crippen LogP contribution is 2.25. The summed E-state index contributed by atoms with van der Waals surface area (Å²) in [5.74, 6) is 0.678. The van der Waals surface area contributed by atoms with Crippen molar-refractivity contribution in [1.82, 2.24) is 5.16 Å². The summed E-state index contributed by atoms with van der Waals surface area (Å²) in [5, 5.41) is 3.70. The number of carbonyl (C=O) groups is 1. The summed E-state index contributed by atoms with van der Waals surface area (Å²) in [6.45, 7) is 8.85. The molecule has 0 aromatic carbocycles. The third kappa shape index (κ3) is 2.13. The minimum atomic E-state index is -0.518. The van der Waals surface area contributed by atoms with Gasteiger partial charge in [-0.2, -0.15) is 0 Å². The van der Waals surface area contributed by atoms with E-state index in [1.165, 1.54) is 0 Å². The average Bonchev–Trinajstić information content (AvgIpc) is 2.34. The minimum Gasteiger partial charge on any atom is -0.420 e. The van der Waals surface area contributed by atoms with Gasteiger partial charge in [-0.1, -0.05) is 5.16 Å². The fourth-order valence-electron chi connectivity index (χ4n) is 0.866. The molecule has 0 aliphatic rings. The van der Waals surface area contributed by atoms with Gasteiger partial charge in [0.1, 0.15) is 5.69 Å². The van der Waals surface area contributed by atoms with E-state index in [1.807, 2.05) is 0 Å². The Morgan fingerprint density at radius 3 is 2.29 bits per heavy atom. The zero-order valence-electron chi connectivity index (χ0n) is 9.17. The zero-order valence-corrected chi connectivity index (χ0v) is 9.17. The molecule has 1 rings (SSSR count). The van der Waals surface area contributed by atoms with Crippen LogP contribution in [0.1, 0.15) is 32.2 Å². The van der Waals surface area contributed by atoms with E-state index in [0.717, 1.165) is 0 Å². The fourth-order valence-corrected chi connectivity index (χ4v) is 0.866. The summed E-state index contributed by atoms with van der Waals surface area (Å²) in [4.78, 5) is 11.5. The number of hydrogen-bond acceptors (Lipinski definition) is 4. The van der Waals surface area contributed by atoms with Crippen LogP contribution in [0.2, 0.25) is 0 Å². The van der Waals surface area contributed by atoms with Crippen molar-refractivity contribution in [3.63, 3.8) is 0 Å². The summed E-state index contributed by atoms with van der Waals surface area (Å²) < 4.78 is 10.1. The van der Waals surface area contributed by atoms with Crippen molar-refractivity contribution in [2.75, 3.05) is 0 Å². The Morgan fingerprint density at radius 2 is 1.93 bits per heavy atom. The SMILES string of the molecule is Cc1noc(C)c1OC(=O)C(C)(C)C. The van der Waals surface area contributed by atoms with Gasteiger partial charge in [0.2, 0.25) is 0 Å². The van der Waals surface area contributed by atoms with Crippen molar-refractivity contribution in [1.29, 1.82) is 0 Å². The van der Waals surface area contributed by atoms with E-state index in [9.17, 15) is 4.79 Å². The minimum absolute atomic E-state index is 0.285. The highest BCUT2D eigenvalue weighted by Gasteiger charge is 2.26. The standard InChI is InChI=1S/C10H15NO3/c1-6-8(7(2)14-11-6)13-9(12)10(3,4)5/h1-5H3. The predicted octanol–water partition coefficient (Wildman–Crippen LogP) is 2.24. The number of aromatic nitrogens is 1. The average molecular weight is 197 g/mol. The van der Waals surface area contributed by atoms with Gasteiger partial charge in [0.05, 0.1) is 5.41 Å². The molecule has 14 heavy (non-hydrogen) atoms. The molecule has 0 N–H and O–H groups in total. The van der Waals surface area contributed by atoms with E-state index in [2.05, 4.69) is 5.16 Å². The molecule has 0 aliphatic heterocycles. The third-order valence-electron chi connectivity index (χ3n) is 1.78. The Morgan fingerprint density at radius 1 is 1.36 bits per heavy atom. The number of rotatable bonds is 1. The lowest BCUT2D eigenvalue weighted by molar-refractivity contribution is -0.143. The molecule has 0 saturated heterocycles. The fraction of sp³-hybridized carbons (Fsp3) is 0.600. The van der Waals surface area contributed by atoms with Crippen LogP contribution < -0.4 is 4.74 Å². The maximum atomic E-state index is 11.5. The molecule has 0 atom stereocenters. The van der Waals surface area contributed by atoms with E-state index in [-0.39, 0.29) is 5.97 Å². The molecule has 4 nitrogen and oxygen atoms in total. The van der Waals surface area contributed by atoms with E-state index < -0.39 is 5.41 Å². The first-order valence-electron chi connectivity index (χ1n) is 4.47. The van der Waals surface area contributed by atoms with Crippen LogP contribution in [0.4, 0.5) is 0 Å². The quantitative estimate of drug-likeness (QED) is 0.648. The second-order valence-electron chi connectivity index (χ2n) is 4.29. The molecule has 1 aromatic heterocycles. The van der Waals surface area contributed by atoms with Crippen LogP contribution >= 0.6 is 0 Å². The van der Waals surface area contributed by atoms with Crippen LogP contribution in [0.3, 0.4) is 0 Å². The van der Waals surface area contributed by atoms with Gasteiger partial charge in [0.25, 0.3) is 0 Å². The Balaban J connectivity index is 2.85. The van der Waals surface area contributed by atoms with Crippen molar-refractivity contribution in [3.8, 4) is 5.75 Å². The first-order valence-corrected chi connectivity index (χ1v) is 4.47. The number of carbonyl (C=O) groups excluding carboxylic acids is 1. The van der Waals surface area contributed by atoms with Gasteiger partial charge < -0.3 is 9.26 Å². The summed E-state index contributed by atoms with van der Waals surface area (Å²) in [6, 6.07) is 0.